The van der Waals surface area contributed by atoms with Crippen LogP contribution in [-0.2, 0) is 22.6 Å². The molecule has 4 aromatic rings. The van der Waals surface area contributed by atoms with Gasteiger partial charge in [0.25, 0.3) is 0 Å². The van der Waals surface area contributed by atoms with Gasteiger partial charge < -0.3 is 10.2 Å². The van der Waals surface area contributed by atoms with Gasteiger partial charge in [-0.25, -0.2) is 4.98 Å². The molecule has 184 valence electrons. The maximum absolute atomic E-state index is 13.5. The number of carbonyl (C=O) groups excluding carboxylic acids is 2. The maximum Gasteiger partial charge on any atom is 0.230 e. The molecule has 0 aliphatic carbocycles. The molecule has 2 aliphatic heterocycles. The van der Waals surface area contributed by atoms with Crippen LogP contribution >= 0.6 is 22.7 Å². The summed E-state index contributed by atoms with van der Waals surface area (Å²) in [6, 6.07) is 18.2. The summed E-state index contributed by atoms with van der Waals surface area (Å²) in [6.45, 7) is 6.74. The lowest BCUT2D eigenvalue weighted by Gasteiger charge is -2.30. The quantitative estimate of drug-likeness (QED) is 0.365. The van der Waals surface area contributed by atoms with Crippen LogP contribution in [-0.4, -0.2) is 40.8 Å². The smallest absolute Gasteiger partial charge is 0.230 e. The molecule has 2 amide bonds. The van der Waals surface area contributed by atoms with E-state index in [2.05, 4.69) is 30.1 Å². The molecule has 0 saturated carbocycles. The Morgan fingerprint density at radius 2 is 1.86 bits per heavy atom. The minimum Gasteiger partial charge on any atom is -0.317 e. The van der Waals surface area contributed by atoms with Gasteiger partial charge in [0.1, 0.15) is 10.0 Å². The fourth-order valence-corrected chi connectivity index (χ4v) is 7.50. The van der Waals surface area contributed by atoms with Crippen molar-refractivity contribution in [3.8, 4) is 10.6 Å². The number of benzene rings is 2. The highest BCUT2D eigenvalue weighted by Crippen LogP contribution is 2.46. The van der Waals surface area contributed by atoms with Crippen LogP contribution in [0.15, 0.2) is 54.6 Å². The largest absolute Gasteiger partial charge is 0.317 e. The number of para-hydroxylation sites is 2. The van der Waals surface area contributed by atoms with Crippen molar-refractivity contribution in [3.63, 3.8) is 0 Å². The Morgan fingerprint density at radius 3 is 2.64 bits per heavy atom. The molecule has 1 unspecified atom stereocenters. The number of aromatic nitrogens is 1. The topological polar surface area (TPSA) is 65.5 Å². The predicted molar refractivity (Wildman–Crippen MR) is 148 cm³/mol. The van der Waals surface area contributed by atoms with Crippen LogP contribution in [0.3, 0.4) is 0 Å². The number of nitrogens with one attached hydrogen (secondary N) is 1. The first kappa shape index (κ1) is 23.3. The fraction of sp³-hybridized carbons (Fsp3) is 0.321. The molecule has 2 aromatic heterocycles. The molecule has 6 rings (SSSR count). The van der Waals surface area contributed by atoms with Crippen molar-refractivity contribution in [1.82, 2.24) is 9.88 Å². The Kier molecular flexibility index (Phi) is 6.11. The number of nitrogens with zero attached hydrogens (tertiary/aromatic N) is 3. The van der Waals surface area contributed by atoms with Gasteiger partial charge in [0.05, 0.1) is 16.1 Å². The van der Waals surface area contributed by atoms with Gasteiger partial charge in [-0.1, -0.05) is 30.3 Å². The van der Waals surface area contributed by atoms with Crippen LogP contribution in [0, 0.1) is 5.92 Å². The van der Waals surface area contributed by atoms with Gasteiger partial charge in [-0.15, -0.1) is 22.7 Å². The van der Waals surface area contributed by atoms with Crippen LogP contribution in [0.25, 0.3) is 20.8 Å². The third-order valence-electron chi connectivity index (χ3n) is 7.12. The first-order valence-corrected chi connectivity index (χ1v) is 14.0. The molecule has 0 bridgehead atoms. The normalized spacial score (nSPS) is 18.2. The van der Waals surface area contributed by atoms with Crippen LogP contribution in [0.5, 0.6) is 0 Å². The lowest BCUT2D eigenvalue weighted by molar-refractivity contribution is -0.122. The number of hydrogen-bond donors (Lipinski definition) is 1. The Balaban J connectivity index is 1.32. The average molecular weight is 517 g/mol. The third-order valence-corrected chi connectivity index (χ3v) is 9.31. The van der Waals surface area contributed by atoms with Crippen molar-refractivity contribution in [2.24, 2.45) is 5.92 Å². The molecule has 8 heteroatoms. The first-order valence-electron chi connectivity index (χ1n) is 12.4. The van der Waals surface area contributed by atoms with Crippen LogP contribution < -0.4 is 10.2 Å². The molecule has 36 heavy (non-hydrogen) atoms. The zero-order valence-corrected chi connectivity index (χ0v) is 22.0. The van der Waals surface area contributed by atoms with Gasteiger partial charge in [0.15, 0.2) is 0 Å². The Labute approximate surface area is 218 Å². The van der Waals surface area contributed by atoms with E-state index < -0.39 is 0 Å². The van der Waals surface area contributed by atoms with E-state index in [9.17, 15) is 9.59 Å². The zero-order chi connectivity index (χ0) is 24.8. The van der Waals surface area contributed by atoms with E-state index in [0.717, 1.165) is 51.0 Å². The number of carbonyl (C=O) groups is 2. The van der Waals surface area contributed by atoms with E-state index in [0.29, 0.717) is 12.6 Å². The van der Waals surface area contributed by atoms with Crippen molar-refractivity contribution in [2.45, 2.75) is 39.3 Å². The Morgan fingerprint density at radius 1 is 1.08 bits per heavy atom. The molecule has 2 aliphatic rings. The molecular weight excluding hydrogens is 488 g/mol. The van der Waals surface area contributed by atoms with Gasteiger partial charge in [-0.2, -0.15) is 0 Å². The van der Waals surface area contributed by atoms with Crippen molar-refractivity contribution in [1.29, 1.82) is 0 Å². The van der Waals surface area contributed by atoms with Gasteiger partial charge >= 0.3 is 0 Å². The highest BCUT2D eigenvalue weighted by Gasteiger charge is 2.36. The summed E-state index contributed by atoms with van der Waals surface area (Å²) in [6.07, 6.45) is 1.16. The van der Waals surface area contributed by atoms with E-state index in [1.807, 2.05) is 48.5 Å². The van der Waals surface area contributed by atoms with E-state index in [1.54, 1.807) is 27.6 Å². The summed E-state index contributed by atoms with van der Waals surface area (Å²) >= 11 is 3.34. The number of rotatable bonds is 5. The highest BCUT2D eigenvalue weighted by atomic mass is 32.1. The SMILES string of the molecule is CC(C)N1CCc2c(sc(NC(=O)C3CC(=O)N(c4ccccc4)C3)c2-c2nc3ccccc3s2)C1. The number of hydrogen-bond acceptors (Lipinski definition) is 6. The Bertz CT molecular complexity index is 1410. The van der Waals surface area contributed by atoms with Crippen molar-refractivity contribution < 1.29 is 9.59 Å². The minimum atomic E-state index is -0.382. The van der Waals surface area contributed by atoms with Crippen LogP contribution in [0.4, 0.5) is 10.7 Å². The number of thiophene rings is 1. The van der Waals surface area contributed by atoms with Crippen molar-refractivity contribution in [2.75, 3.05) is 23.3 Å². The molecule has 1 saturated heterocycles. The number of amides is 2. The zero-order valence-electron chi connectivity index (χ0n) is 20.4. The summed E-state index contributed by atoms with van der Waals surface area (Å²) in [5, 5.41) is 5.05. The summed E-state index contributed by atoms with van der Waals surface area (Å²) in [4.78, 5) is 36.6. The third kappa shape index (κ3) is 4.23. The molecule has 6 nitrogen and oxygen atoms in total. The number of thiazole rings is 1. The van der Waals surface area contributed by atoms with Crippen molar-refractivity contribution in [3.05, 3.63) is 65.0 Å². The Hall–Kier alpha value is -3.07. The summed E-state index contributed by atoms with van der Waals surface area (Å²) in [5.41, 5.74) is 4.19. The number of fused-ring (bicyclic) bond motifs is 2. The molecular formula is C28H28N4O2S2. The van der Waals surface area contributed by atoms with Gasteiger partial charge in [0, 0.05) is 48.2 Å². The van der Waals surface area contributed by atoms with Crippen LogP contribution in [0.2, 0.25) is 0 Å². The molecule has 4 heterocycles. The van der Waals surface area contributed by atoms with E-state index in [1.165, 1.54) is 10.4 Å². The highest BCUT2D eigenvalue weighted by molar-refractivity contribution is 7.22. The van der Waals surface area contributed by atoms with E-state index in [-0.39, 0.29) is 24.2 Å². The molecule has 1 fully saturated rings. The van der Waals surface area contributed by atoms with Gasteiger partial charge in [0.2, 0.25) is 11.8 Å². The molecule has 0 spiro atoms. The van der Waals surface area contributed by atoms with E-state index in [4.69, 9.17) is 4.98 Å². The monoisotopic (exact) mass is 516 g/mol. The summed E-state index contributed by atoms with van der Waals surface area (Å²) in [5.74, 6) is -0.485. The fourth-order valence-electron chi connectivity index (χ4n) is 5.11. The second kappa shape index (κ2) is 9.42. The summed E-state index contributed by atoms with van der Waals surface area (Å²) in [7, 11) is 0. The second-order valence-electron chi connectivity index (χ2n) is 9.74. The summed E-state index contributed by atoms with van der Waals surface area (Å²) < 4.78 is 1.14. The van der Waals surface area contributed by atoms with Gasteiger partial charge in [-0.3, -0.25) is 14.5 Å². The average Bonchev–Trinajstić information content (AvgIpc) is 3.58. The molecule has 1 N–H and O–H groups in total. The lowest BCUT2D eigenvalue weighted by Crippen LogP contribution is -2.35. The molecule has 0 radical (unpaired) electrons. The predicted octanol–water partition coefficient (Wildman–Crippen LogP) is 5.78. The van der Waals surface area contributed by atoms with Crippen LogP contribution in [0.1, 0.15) is 30.7 Å². The molecule has 2 aromatic carbocycles. The lowest BCUT2D eigenvalue weighted by atomic mass is 10.0. The first-order chi connectivity index (χ1) is 17.5. The van der Waals surface area contributed by atoms with Crippen molar-refractivity contribution >= 4 is 55.4 Å². The van der Waals surface area contributed by atoms with Gasteiger partial charge in [-0.05, 0) is 50.1 Å². The minimum absolute atomic E-state index is 0.00852. The maximum atomic E-state index is 13.5. The van der Waals surface area contributed by atoms with E-state index >= 15 is 0 Å². The standard InChI is InChI=1S/C28H28N4O2S2/c1-17(2)31-13-12-20-23(16-31)36-28(25(20)27-29-21-10-6-7-11-22(21)35-27)30-26(34)18-14-24(33)32(15-18)19-8-4-3-5-9-19/h3-11,17-18H,12-16H2,1-2H3,(H,30,34). The second-order valence-corrected chi connectivity index (χ2v) is 11.9. The molecule has 1 atom stereocenters. The number of anilines is 2.